The summed E-state index contributed by atoms with van der Waals surface area (Å²) in [6.07, 6.45) is 0.276. The van der Waals surface area contributed by atoms with Crippen molar-refractivity contribution in [2.75, 3.05) is 0 Å². The van der Waals surface area contributed by atoms with Gasteiger partial charge in [-0.25, -0.2) is 4.79 Å². The number of halogens is 2. The second kappa shape index (κ2) is 7.71. The summed E-state index contributed by atoms with van der Waals surface area (Å²) >= 11 is 12.0. The maximum atomic E-state index is 12.8. The molecule has 1 atom stereocenters. The number of imide groups is 1. The van der Waals surface area contributed by atoms with Crippen LogP contribution in [0.25, 0.3) is 0 Å². The van der Waals surface area contributed by atoms with Crippen molar-refractivity contribution in [3.05, 3.63) is 63.6 Å². The van der Waals surface area contributed by atoms with E-state index in [1.807, 2.05) is 13.8 Å². The summed E-state index contributed by atoms with van der Waals surface area (Å²) < 4.78 is 5.40. The average molecular weight is 406 g/mol. The highest BCUT2D eigenvalue weighted by Crippen LogP contribution is 2.33. The van der Waals surface area contributed by atoms with Gasteiger partial charge in [0.15, 0.2) is 0 Å². The highest BCUT2D eigenvalue weighted by Gasteiger charge is 2.44. The lowest BCUT2D eigenvalue weighted by Gasteiger charge is -2.25. The topological polar surface area (TPSA) is 63.7 Å². The van der Waals surface area contributed by atoms with Crippen molar-refractivity contribution in [1.29, 1.82) is 0 Å². The van der Waals surface area contributed by atoms with Crippen molar-refractivity contribution in [3.8, 4) is 5.75 Å². The van der Waals surface area contributed by atoms with E-state index in [4.69, 9.17) is 27.9 Å². The number of hydrogen-bond donors (Lipinski definition) is 0. The van der Waals surface area contributed by atoms with Crippen LogP contribution in [0.2, 0.25) is 10.0 Å². The number of esters is 1. The zero-order valence-corrected chi connectivity index (χ0v) is 16.3. The maximum Gasteiger partial charge on any atom is 0.334 e. The molecule has 140 valence electrons. The van der Waals surface area contributed by atoms with Crippen LogP contribution in [0, 0.1) is 5.92 Å². The number of hydrogen-bond acceptors (Lipinski definition) is 4. The minimum absolute atomic E-state index is 0.0508. The molecule has 0 saturated heterocycles. The number of carbonyl (C=O) groups is 3. The van der Waals surface area contributed by atoms with Gasteiger partial charge in [0.2, 0.25) is 0 Å². The zero-order chi connectivity index (χ0) is 19.7. The standard InChI is InChI=1S/C20H17Cl2NO4/c1-11(2)8-17(20(26)27-12-6-4-3-5-7-12)23-18(24)13-9-15(21)16(22)10-14(13)19(23)25/h3-7,9-11,17H,8H2,1-2H3/t17-/m0/s1. The first-order chi connectivity index (χ1) is 12.8. The molecule has 0 radical (unpaired) electrons. The van der Waals surface area contributed by atoms with Gasteiger partial charge >= 0.3 is 5.97 Å². The van der Waals surface area contributed by atoms with Crippen molar-refractivity contribution in [2.24, 2.45) is 5.92 Å². The molecule has 1 aliphatic heterocycles. The third kappa shape index (κ3) is 3.84. The monoisotopic (exact) mass is 405 g/mol. The van der Waals surface area contributed by atoms with Gasteiger partial charge in [-0.3, -0.25) is 14.5 Å². The van der Waals surface area contributed by atoms with Crippen molar-refractivity contribution in [1.82, 2.24) is 4.90 Å². The minimum atomic E-state index is -1.05. The first-order valence-electron chi connectivity index (χ1n) is 8.43. The van der Waals surface area contributed by atoms with Gasteiger partial charge < -0.3 is 4.74 Å². The molecule has 0 aliphatic carbocycles. The molecule has 2 aromatic rings. The van der Waals surface area contributed by atoms with Crippen LogP contribution in [0.3, 0.4) is 0 Å². The van der Waals surface area contributed by atoms with Crippen molar-refractivity contribution >= 4 is 41.0 Å². The fraction of sp³-hybridized carbons (Fsp3) is 0.250. The van der Waals surface area contributed by atoms with Crippen LogP contribution >= 0.6 is 23.2 Å². The Morgan fingerprint density at radius 1 is 1.00 bits per heavy atom. The number of fused-ring (bicyclic) bond motifs is 1. The van der Waals surface area contributed by atoms with Gasteiger partial charge in [0.05, 0.1) is 21.2 Å². The van der Waals surface area contributed by atoms with Gasteiger partial charge in [-0.15, -0.1) is 0 Å². The minimum Gasteiger partial charge on any atom is -0.425 e. The molecule has 1 aliphatic rings. The molecule has 0 bridgehead atoms. The molecule has 0 fully saturated rings. The highest BCUT2D eigenvalue weighted by atomic mass is 35.5. The van der Waals surface area contributed by atoms with Crippen LogP contribution in [0.15, 0.2) is 42.5 Å². The van der Waals surface area contributed by atoms with Gasteiger partial charge in [0.1, 0.15) is 11.8 Å². The number of rotatable bonds is 5. The van der Waals surface area contributed by atoms with Crippen molar-refractivity contribution in [3.63, 3.8) is 0 Å². The smallest absolute Gasteiger partial charge is 0.334 e. The highest BCUT2D eigenvalue weighted by molar-refractivity contribution is 6.43. The summed E-state index contributed by atoms with van der Waals surface area (Å²) in [6, 6.07) is 10.2. The van der Waals surface area contributed by atoms with Gasteiger partial charge in [0, 0.05) is 0 Å². The Labute approximate surface area is 166 Å². The van der Waals surface area contributed by atoms with Crippen LogP contribution in [0.1, 0.15) is 41.0 Å². The Kier molecular flexibility index (Phi) is 5.53. The average Bonchev–Trinajstić information content (AvgIpc) is 2.85. The molecule has 0 spiro atoms. The van der Waals surface area contributed by atoms with Crippen molar-refractivity contribution in [2.45, 2.75) is 26.3 Å². The fourth-order valence-corrected chi connectivity index (χ4v) is 3.29. The predicted octanol–water partition coefficient (Wildman–Crippen LogP) is 4.61. The lowest BCUT2D eigenvalue weighted by molar-refractivity contribution is -0.139. The molecule has 1 heterocycles. The lowest BCUT2D eigenvalue weighted by Crippen LogP contribution is -2.47. The normalized spacial score (nSPS) is 14.5. The third-order valence-corrected chi connectivity index (χ3v) is 4.92. The number of ether oxygens (including phenoxy) is 1. The van der Waals surface area contributed by atoms with E-state index in [-0.39, 0.29) is 33.5 Å². The maximum absolute atomic E-state index is 12.8. The molecular formula is C20H17Cl2NO4. The van der Waals surface area contributed by atoms with Gasteiger partial charge in [-0.2, -0.15) is 0 Å². The summed E-state index contributed by atoms with van der Waals surface area (Å²) in [5.41, 5.74) is 0.270. The van der Waals surface area contributed by atoms with E-state index in [0.717, 1.165) is 4.90 Å². The Hall–Kier alpha value is -2.37. The summed E-state index contributed by atoms with van der Waals surface area (Å²) in [4.78, 5) is 39.4. The van der Waals surface area contributed by atoms with Crippen LogP contribution in [0.4, 0.5) is 0 Å². The van der Waals surface area contributed by atoms with E-state index in [1.54, 1.807) is 30.3 Å². The molecule has 2 aromatic carbocycles. The number of carbonyl (C=O) groups excluding carboxylic acids is 3. The van der Waals surface area contributed by atoms with Crippen LogP contribution < -0.4 is 4.74 Å². The molecule has 2 amide bonds. The summed E-state index contributed by atoms with van der Waals surface area (Å²) in [6.45, 7) is 3.80. The quantitative estimate of drug-likeness (QED) is 0.413. The van der Waals surface area contributed by atoms with Crippen LogP contribution in [-0.4, -0.2) is 28.7 Å². The molecule has 5 nitrogen and oxygen atoms in total. The van der Waals surface area contributed by atoms with Crippen molar-refractivity contribution < 1.29 is 19.1 Å². The zero-order valence-electron chi connectivity index (χ0n) is 14.7. The van der Waals surface area contributed by atoms with Crippen LogP contribution in [-0.2, 0) is 4.79 Å². The molecule has 27 heavy (non-hydrogen) atoms. The Balaban J connectivity index is 1.94. The Bertz CT molecular complexity index is 871. The van der Waals surface area contributed by atoms with E-state index in [0.29, 0.717) is 5.75 Å². The van der Waals surface area contributed by atoms with E-state index >= 15 is 0 Å². The molecule has 0 N–H and O–H groups in total. The number of para-hydroxylation sites is 1. The summed E-state index contributed by atoms with van der Waals surface area (Å²) in [5.74, 6) is -1.43. The molecule has 3 rings (SSSR count). The third-order valence-electron chi connectivity index (χ3n) is 4.20. The van der Waals surface area contributed by atoms with Gasteiger partial charge in [-0.1, -0.05) is 55.2 Å². The van der Waals surface area contributed by atoms with Crippen LogP contribution in [0.5, 0.6) is 5.75 Å². The lowest BCUT2D eigenvalue weighted by atomic mass is 10.0. The first kappa shape index (κ1) is 19.4. The molecule has 0 saturated carbocycles. The number of amides is 2. The number of benzene rings is 2. The predicted molar refractivity (Wildman–Crippen MR) is 102 cm³/mol. The second-order valence-corrected chi connectivity index (χ2v) is 7.49. The van der Waals surface area contributed by atoms with Gasteiger partial charge in [0.25, 0.3) is 11.8 Å². The van der Waals surface area contributed by atoms with E-state index in [2.05, 4.69) is 0 Å². The summed E-state index contributed by atoms with van der Waals surface area (Å²) in [7, 11) is 0. The molecule has 7 heteroatoms. The second-order valence-electron chi connectivity index (χ2n) is 6.67. The van der Waals surface area contributed by atoms with E-state index < -0.39 is 23.8 Å². The molecular weight excluding hydrogens is 389 g/mol. The SMILES string of the molecule is CC(C)C[C@@H](C(=O)Oc1ccccc1)N1C(=O)c2cc(Cl)c(Cl)cc2C1=O. The molecule has 0 unspecified atom stereocenters. The van der Waals surface area contributed by atoms with E-state index in [9.17, 15) is 14.4 Å². The van der Waals surface area contributed by atoms with Gasteiger partial charge in [-0.05, 0) is 36.6 Å². The Morgan fingerprint density at radius 3 is 2.00 bits per heavy atom. The fourth-order valence-electron chi connectivity index (χ4n) is 2.96. The number of nitrogens with zero attached hydrogens (tertiary/aromatic N) is 1. The summed E-state index contributed by atoms with van der Waals surface area (Å²) in [5, 5.41) is 0.344. The molecule has 0 aromatic heterocycles. The van der Waals surface area contributed by atoms with E-state index in [1.165, 1.54) is 12.1 Å². The first-order valence-corrected chi connectivity index (χ1v) is 9.19. The largest absolute Gasteiger partial charge is 0.425 e. The Morgan fingerprint density at radius 2 is 1.52 bits per heavy atom.